The maximum atomic E-state index is 12.7. The standard InChI is InChI=1S/C19H19F3/c1-13-4-8-16(9-5-13)18(15(3)12-19(20,21)22)17-10-6-14(2)7-11-17/h4-12,18H,1-3H3. The second-order valence-corrected chi connectivity index (χ2v) is 5.68. The van der Waals surface area contributed by atoms with Crippen molar-refractivity contribution in [3.05, 3.63) is 82.4 Å². The van der Waals surface area contributed by atoms with Gasteiger partial charge in [-0.05, 0) is 31.9 Å². The van der Waals surface area contributed by atoms with Gasteiger partial charge in [-0.1, -0.05) is 65.2 Å². The monoisotopic (exact) mass is 304 g/mol. The number of hydrogen-bond acceptors (Lipinski definition) is 0. The number of hydrogen-bond donors (Lipinski definition) is 0. The van der Waals surface area contributed by atoms with Crippen LogP contribution in [0.5, 0.6) is 0 Å². The quantitative estimate of drug-likeness (QED) is 0.615. The van der Waals surface area contributed by atoms with Crippen LogP contribution >= 0.6 is 0 Å². The van der Waals surface area contributed by atoms with Crippen LogP contribution in [0.3, 0.4) is 0 Å². The molecular formula is C19H19F3. The largest absolute Gasteiger partial charge is 0.409 e. The molecule has 2 rings (SSSR count). The third kappa shape index (κ3) is 4.23. The van der Waals surface area contributed by atoms with Gasteiger partial charge in [-0.15, -0.1) is 0 Å². The summed E-state index contributed by atoms with van der Waals surface area (Å²) in [5, 5.41) is 0. The third-order valence-electron chi connectivity index (χ3n) is 3.67. The summed E-state index contributed by atoms with van der Waals surface area (Å²) in [6, 6.07) is 15.3. The molecule has 0 N–H and O–H groups in total. The molecule has 2 aromatic carbocycles. The number of rotatable bonds is 3. The molecular weight excluding hydrogens is 285 g/mol. The Balaban J connectivity index is 2.51. The molecule has 0 bridgehead atoms. The van der Waals surface area contributed by atoms with Gasteiger partial charge in [-0.2, -0.15) is 13.2 Å². The summed E-state index contributed by atoms with van der Waals surface area (Å²) in [6.07, 6.45) is -3.91. The summed E-state index contributed by atoms with van der Waals surface area (Å²) in [5.74, 6) is -0.386. The minimum atomic E-state index is -4.31. The molecule has 0 fully saturated rings. The molecule has 0 saturated heterocycles. The van der Waals surface area contributed by atoms with Gasteiger partial charge in [0.05, 0.1) is 0 Å². The van der Waals surface area contributed by atoms with Crippen molar-refractivity contribution in [2.75, 3.05) is 0 Å². The van der Waals surface area contributed by atoms with E-state index in [4.69, 9.17) is 0 Å². The van der Waals surface area contributed by atoms with Crippen molar-refractivity contribution in [2.45, 2.75) is 32.9 Å². The molecule has 116 valence electrons. The Labute approximate surface area is 129 Å². The molecule has 0 unspecified atom stereocenters. The van der Waals surface area contributed by atoms with E-state index in [0.29, 0.717) is 11.6 Å². The minimum absolute atomic E-state index is 0.292. The lowest BCUT2D eigenvalue weighted by molar-refractivity contribution is -0.0806. The first-order valence-electron chi connectivity index (χ1n) is 7.15. The Morgan fingerprint density at radius 3 is 1.50 bits per heavy atom. The van der Waals surface area contributed by atoms with Gasteiger partial charge in [0.25, 0.3) is 0 Å². The molecule has 0 aliphatic heterocycles. The summed E-state index contributed by atoms with van der Waals surface area (Å²) < 4.78 is 38.2. The highest BCUT2D eigenvalue weighted by atomic mass is 19.4. The molecule has 0 saturated carbocycles. The highest BCUT2D eigenvalue weighted by Gasteiger charge is 2.26. The molecule has 0 radical (unpaired) electrons. The molecule has 0 aromatic heterocycles. The van der Waals surface area contributed by atoms with Gasteiger partial charge in [-0.25, -0.2) is 0 Å². The maximum Gasteiger partial charge on any atom is 0.409 e. The van der Waals surface area contributed by atoms with E-state index < -0.39 is 6.18 Å². The van der Waals surface area contributed by atoms with E-state index in [1.807, 2.05) is 62.4 Å². The SMILES string of the molecule is CC(=CC(F)(F)F)C(c1ccc(C)cc1)c1ccc(C)cc1. The normalized spacial score (nSPS) is 12.8. The zero-order valence-electron chi connectivity index (χ0n) is 12.9. The molecule has 2 aromatic rings. The van der Waals surface area contributed by atoms with Crippen molar-refractivity contribution < 1.29 is 13.2 Å². The molecule has 0 atom stereocenters. The third-order valence-corrected chi connectivity index (χ3v) is 3.67. The first-order chi connectivity index (χ1) is 10.3. The molecule has 0 spiro atoms. The predicted octanol–water partition coefficient (Wildman–Crippen LogP) is 5.94. The van der Waals surface area contributed by atoms with Crippen LogP contribution in [0, 0.1) is 13.8 Å². The summed E-state index contributed by atoms with van der Waals surface area (Å²) in [4.78, 5) is 0. The number of allylic oxidation sites excluding steroid dienone is 2. The Kier molecular flexibility index (Phi) is 4.74. The predicted molar refractivity (Wildman–Crippen MR) is 84.0 cm³/mol. The van der Waals surface area contributed by atoms with Crippen LogP contribution in [-0.4, -0.2) is 6.18 Å². The summed E-state index contributed by atoms with van der Waals surface area (Å²) in [7, 11) is 0. The van der Waals surface area contributed by atoms with E-state index in [-0.39, 0.29) is 5.92 Å². The molecule has 0 heterocycles. The number of halogens is 3. The first-order valence-corrected chi connectivity index (χ1v) is 7.15. The van der Waals surface area contributed by atoms with Gasteiger partial charge < -0.3 is 0 Å². The Bertz CT molecular complexity index is 601. The van der Waals surface area contributed by atoms with E-state index in [1.165, 1.54) is 6.92 Å². The lowest BCUT2D eigenvalue weighted by Gasteiger charge is -2.20. The summed E-state index contributed by atoms with van der Waals surface area (Å²) >= 11 is 0. The van der Waals surface area contributed by atoms with Gasteiger partial charge in [-0.3, -0.25) is 0 Å². The van der Waals surface area contributed by atoms with Crippen LogP contribution in [0.1, 0.15) is 35.1 Å². The van der Waals surface area contributed by atoms with Crippen molar-refractivity contribution >= 4 is 0 Å². The van der Waals surface area contributed by atoms with Crippen molar-refractivity contribution in [1.82, 2.24) is 0 Å². The molecule has 0 amide bonds. The van der Waals surface area contributed by atoms with E-state index in [0.717, 1.165) is 22.3 Å². The van der Waals surface area contributed by atoms with Gasteiger partial charge in [0.15, 0.2) is 0 Å². The Morgan fingerprint density at radius 1 is 0.818 bits per heavy atom. The van der Waals surface area contributed by atoms with Crippen molar-refractivity contribution in [3.8, 4) is 0 Å². The molecule has 3 heteroatoms. The van der Waals surface area contributed by atoms with Crippen molar-refractivity contribution in [1.29, 1.82) is 0 Å². The average Bonchev–Trinajstić information content (AvgIpc) is 2.41. The van der Waals surface area contributed by atoms with E-state index >= 15 is 0 Å². The zero-order valence-corrected chi connectivity index (χ0v) is 12.9. The number of alkyl halides is 3. The van der Waals surface area contributed by atoms with Crippen molar-refractivity contribution in [3.63, 3.8) is 0 Å². The minimum Gasteiger partial charge on any atom is -0.167 e. The molecule has 0 aliphatic carbocycles. The van der Waals surface area contributed by atoms with Crippen LogP contribution in [0.25, 0.3) is 0 Å². The van der Waals surface area contributed by atoms with E-state index in [2.05, 4.69) is 0 Å². The van der Waals surface area contributed by atoms with Gasteiger partial charge in [0.2, 0.25) is 0 Å². The van der Waals surface area contributed by atoms with Crippen LogP contribution in [0.2, 0.25) is 0 Å². The highest BCUT2D eigenvalue weighted by molar-refractivity contribution is 5.42. The molecule has 0 aliphatic rings. The second kappa shape index (κ2) is 6.39. The van der Waals surface area contributed by atoms with Gasteiger partial charge in [0, 0.05) is 12.0 Å². The smallest absolute Gasteiger partial charge is 0.167 e. The number of benzene rings is 2. The Morgan fingerprint density at radius 2 is 1.18 bits per heavy atom. The molecule has 0 nitrogen and oxygen atoms in total. The molecule has 22 heavy (non-hydrogen) atoms. The summed E-state index contributed by atoms with van der Waals surface area (Å²) in [6.45, 7) is 5.46. The zero-order chi connectivity index (χ0) is 16.3. The maximum absolute atomic E-state index is 12.7. The van der Waals surface area contributed by atoms with Gasteiger partial charge >= 0.3 is 6.18 Å². The van der Waals surface area contributed by atoms with Crippen molar-refractivity contribution in [2.24, 2.45) is 0 Å². The fourth-order valence-corrected chi connectivity index (χ4v) is 2.58. The van der Waals surface area contributed by atoms with E-state index in [1.54, 1.807) is 0 Å². The first kappa shape index (κ1) is 16.3. The van der Waals surface area contributed by atoms with Crippen LogP contribution in [0.4, 0.5) is 13.2 Å². The lowest BCUT2D eigenvalue weighted by Crippen LogP contribution is -2.09. The van der Waals surface area contributed by atoms with E-state index in [9.17, 15) is 13.2 Å². The van der Waals surface area contributed by atoms with Crippen LogP contribution in [-0.2, 0) is 0 Å². The fraction of sp³-hybridized carbons (Fsp3) is 0.263. The topological polar surface area (TPSA) is 0 Å². The van der Waals surface area contributed by atoms with Crippen LogP contribution < -0.4 is 0 Å². The van der Waals surface area contributed by atoms with Gasteiger partial charge in [0.1, 0.15) is 0 Å². The second-order valence-electron chi connectivity index (χ2n) is 5.68. The highest BCUT2D eigenvalue weighted by Crippen LogP contribution is 2.34. The van der Waals surface area contributed by atoms with Crippen LogP contribution in [0.15, 0.2) is 60.2 Å². The average molecular weight is 304 g/mol. The Hall–Kier alpha value is -2.03. The lowest BCUT2D eigenvalue weighted by atomic mass is 9.84. The summed E-state index contributed by atoms with van der Waals surface area (Å²) in [5.41, 5.74) is 4.20. The fourth-order valence-electron chi connectivity index (χ4n) is 2.58. The number of aryl methyl sites for hydroxylation is 2.